The molecule has 4 nitrogen and oxygen atoms in total. The average Bonchev–Trinajstić information content (AvgIpc) is 2.29. The van der Waals surface area contributed by atoms with Crippen molar-refractivity contribution in [2.45, 2.75) is 0 Å². The summed E-state index contributed by atoms with van der Waals surface area (Å²) in [6.45, 7) is 0. The third-order valence-corrected chi connectivity index (χ3v) is 2.42. The minimum absolute atomic E-state index is 0.240. The maximum Gasteiger partial charge on any atom is 0.220 e. The van der Waals surface area contributed by atoms with Gasteiger partial charge in [0.15, 0.2) is 0 Å². The molecule has 82 valence electrons. The quantitative estimate of drug-likeness (QED) is 0.868. The maximum absolute atomic E-state index is 6.02. The number of hydrogen-bond donors (Lipinski definition) is 1. The van der Waals surface area contributed by atoms with Gasteiger partial charge in [-0.25, -0.2) is 9.97 Å². The molecule has 0 amide bonds. The summed E-state index contributed by atoms with van der Waals surface area (Å²) in [5.41, 5.74) is 7.12. The molecule has 0 spiro atoms. The number of halogens is 1. The van der Waals surface area contributed by atoms with E-state index in [1.165, 1.54) is 0 Å². The van der Waals surface area contributed by atoms with Gasteiger partial charge in [-0.3, -0.25) is 0 Å². The number of rotatable bonds is 2. The number of ether oxygens (including phenoxy) is 1. The fourth-order valence-corrected chi connectivity index (χ4v) is 1.62. The van der Waals surface area contributed by atoms with Crippen molar-refractivity contribution in [3.63, 3.8) is 0 Å². The first-order valence-corrected chi connectivity index (χ1v) is 5.01. The predicted octanol–water partition coefficient (Wildman–Crippen LogP) is 2.39. The van der Waals surface area contributed by atoms with Crippen LogP contribution in [0.5, 0.6) is 5.75 Å². The molecular weight excluding hydrogens is 226 g/mol. The normalized spacial score (nSPS) is 10.1. The first kappa shape index (κ1) is 10.7. The number of nitrogens with zero attached hydrogens (tertiary/aromatic N) is 2. The van der Waals surface area contributed by atoms with Crippen molar-refractivity contribution in [1.82, 2.24) is 9.97 Å². The number of hydrogen-bond acceptors (Lipinski definition) is 4. The van der Waals surface area contributed by atoms with Gasteiger partial charge in [0.2, 0.25) is 5.95 Å². The first-order valence-electron chi connectivity index (χ1n) is 4.63. The van der Waals surface area contributed by atoms with Gasteiger partial charge >= 0.3 is 0 Å². The van der Waals surface area contributed by atoms with E-state index in [4.69, 9.17) is 22.1 Å². The fourth-order valence-electron chi connectivity index (χ4n) is 1.36. The zero-order chi connectivity index (χ0) is 11.5. The van der Waals surface area contributed by atoms with E-state index < -0.39 is 0 Å². The third kappa shape index (κ3) is 2.06. The molecule has 5 heteroatoms. The number of anilines is 1. The molecule has 1 heterocycles. The Morgan fingerprint density at radius 3 is 2.75 bits per heavy atom. The molecule has 0 aliphatic rings. The van der Waals surface area contributed by atoms with Gasteiger partial charge in [0.25, 0.3) is 0 Å². The zero-order valence-electron chi connectivity index (χ0n) is 8.64. The summed E-state index contributed by atoms with van der Waals surface area (Å²) in [5, 5.41) is 0.539. The standard InChI is InChI=1S/C11H10ClN3O/c1-16-10-3-2-7(6-8(10)12)9-4-5-14-11(13)15-9/h2-6H,1H3,(H2,13,14,15). The Kier molecular flexibility index (Phi) is 2.92. The molecule has 1 aromatic carbocycles. The second-order valence-corrected chi connectivity index (χ2v) is 3.56. The summed E-state index contributed by atoms with van der Waals surface area (Å²) in [7, 11) is 1.57. The minimum Gasteiger partial charge on any atom is -0.495 e. The van der Waals surface area contributed by atoms with Crippen LogP contribution in [0.3, 0.4) is 0 Å². The smallest absolute Gasteiger partial charge is 0.220 e. The van der Waals surface area contributed by atoms with E-state index in [0.717, 1.165) is 11.3 Å². The highest BCUT2D eigenvalue weighted by molar-refractivity contribution is 6.32. The Balaban J connectivity index is 2.45. The Morgan fingerprint density at radius 1 is 1.31 bits per heavy atom. The van der Waals surface area contributed by atoms with Crippen LogP contribution in [0.1, 0.15) is 0 Å². The maximum atomic E-state index is 6.02. The second kappa shape index (κ2) is 4.37. The number of nitrogen functional groups attached to an aromatic ring is 1. The lowest BCUT2D eigenvalue weighted by atomic mass is 10.1. The molecule has 0 aliphatic heterocycles. The van der Waals surface area contributed by atoms with Crippen molar-refractivity contribution >= 4 is 17.5 Å². The number of aromatic nitrogens is 2. The van der Waals surface area contributed by atoms with Crippen molar-refractivity contribution in [3.05, 3.63) is 35.5 Å². The predicted molar refractivity (Wildman–Crippen MR) is 63.4 cm³/mol. The molecule has 16 heavy (non-hydrogen) atoms. The topological polar surface area (TPSA) is 61.0 Å². The Morgan fingerprint density at radius 2 is 2.12 bits per heavy atom. The van der Waals surface area contributed by atoms with Crippen LogP contribution in [0.4, 0.5) is 5.95 Å². The lowest BCUT2D eigenvalue weighted by Gasteiger charge is -2.05. The van der Waals surface area contributed by atoms with Crippen LogP contribution >= 0.6 is 11.6 Å². The van der Waals surface area contributed by atoms with Crippen LogP contribution in [0.2, 0.25) is 5.02 Å². The van der Waals surface area contributed by atoms with E-state index in [1.807, 2.05) is 6.07 Å². The molecule has 0 bridgehead atoms. The summed E-state index contributed by atoms with van der Waals surface area (Å²) in [4.78, 5) is 7.94. The van der Waals surface area contributed by atoms with E-state index in [2.05, 4.69) is 9.97 Å². The van der Waals surface area contributed by atoms with Crippen LogP contribution in [0.15, 0.2) is 30.5 Å². The average molecular weight is 236 g/mol. The summed E-state index contributed by atoms with van der Waals surface area (Å²) < 4.78 is 5.07. The van der Waals surface area contributed by atoms with Crippen molar-refractivity contribution in [2.24, 2.45) is 0 Å². The Hall–Kier alpha value is -1.81. The van der Waals surface area contributed by atoms with Gasteiger partial charge in [-0.15, -0.1) is 0 Å². The zero-order valence-corrected chi connectivity index (χ0v) is 9.40. The lowest BCUT2D eigenvalue weighted by Crippen LogP contribution is -1.95. The van der Waals surface area contributed by atoms with Gasteiger partial charge in [-0.1, -0.05) is 11.6 Å². The third-order valence-electron chi connectivity index (χ3n) is 2.12. The van der Waals surface area contributed by atoms with Gasteiger partial charge in [0, 0.05) is 11.8 Å². The van der Waals surface area contributed by atoms with Gasteiger partial charge in [0.05, 0.1) is 17.8 Å². The minimum atomic E-state index is 0.240. The molecule has 1 aromatic heterocycles. The number of benzene rings is 1. The summed E-state index contributed by atoms with van der Waals surface area (Å²) in [6.07, 6.45) is 1.61. The van der Waals surface area contributed by atoms with Crippen molar-refractivity contribution < 1.29 is 4.74 Å². The van der Waals surface area contributed by atoms with Crippen molar-refractivity contribution in [1.29, 1.82) is 0 Å². The monoisotopic (exact) mass is 235 g/mol. The molecule has 2 aromatic rings. The Bertz CT molecular complexity index is 516. The van der Waals surface area contributed by atoms with Crippen LogP contribution in [-0.4, -0.2) is 17.1 Å². The molecule has 0 saturated heterocycles. The molecule has 0 fully saturated rings. The first-order chi connectivity index (χ1) is 7.70. The van der Waals surface area contributed by atoms with Crippen LogP contribution < -0.4 is 10.5 Å². The van der Waals surface area contributed by atoms with Crippen molar-refractivity contribution in [2.75, 3.05) is 12.8 Å². The van der Waals surface area contributed by atoms with E-state index >= 15 is 0 Å². The molecule has 0 unspecified atom stereocenters. The van der Waals surface area contributed by atoms with Crippen molar-refractivity contribution in [3.8, 4) is 17.0 Å². The number of methoxy groups -OCH3 is 1. The van der Waals surface area contributed by atoms with Crippen LogP contribution in [-0.2, 0) is 0 Å². The second-order valence-electron chi connectivity index (χ2n) is 3.15. The molecule has 2 N–H and O–H groups in total. The van der Waals surface area contributed by atoms with E-state index in [-0.39, 0.29) is 5.95 Å². The summed E-state index contributed by atoms with van der Waals surface area (Å²) >= 11 is 6.02. The lowest BCUT2D eigenvalue weighted by molar-refractivity contribution is 0.415. The summed E-state index contributed by atoms with van der Waals surface area (Å²) in [6, 6.07) is 7.21. The highest BCUT2D eigenvalue weighted by atomic mass is 35.5. The Labute approximate surface area is 98.0 Å². The van der Waals surface area contributed by atoms with E-state index in [1.54, 1.807) is 31.5 Å². The SMILES string of the molecule is COc1ccc(-c2ccnc(N)n2)cc1Cl. The molecule has 0 radical (unpaired) electrons. The van der Waals surface area contributed by atoms with Crippen LogP contribution in [0, 0.1) is 0 Å². The highest BCUT2D eigenvalue weighted by Gasteiger charge is 2.05. The van der Waals surface area contributed by atoms with Gasteiger partial charge in [0.1, 0.15) is 5.75 Å². The van der Waals surface area contributed by atoms with Gasteiger partial charge in [-0.2, -0.15) is 0 Å². The van der Waals surface area contributed by atoms with E-state index in [0.29, 0.717) is 10.8 Å². The molecule has 0 aliphatic carbocycles. The van der Waals surface area contributed by atoms with Gasteiger partial charge in [-0.05, 0) is 24.3 Å². The molecule has 0 saturated carbocycles. The highest BCUT2D eigenvalue weighted by Crippen LogP contribution is 2.29. The largest absolute Gasteiger partial charge is 0.495 e. The van der Waals surface area contributed by atoms with E-state index in [9.17, 15) is 0 Å². The number of nitrogens with two attached hydrogens (primary N) is 1. The van der Waals surface area contributed by atoms with Gasteiger partial charge < -0.3 is 10.5 Å². The molecule has 2 rings (SSSR count). The van der Waals surface area contributed by atoms with Crippen LogP contribution in [0.25, 0.3) is 11.3 Å². The molecule has 0 atom stereocenters. The fraction of sp³-hybridized carbons (Fsp3) is 0.0909. The molecular formula is C11H10ClN3O. The summed E-state index contributed by atoms with van der Waals surface area (Å²) in [5.74, 6) is 0.872.